The highest BCUT2D eigenvalue weighted by molar-refractivity contribution is 7.98. The van der Waals surface area contributed by atoms with Gasteiger partial charge in [0.15, 0.2) is 0 Å². The summed E-state index contributed by atoms with van der Waals surface area (Å²) >= 11 is 1.15. The van der Waals surface area contributed by atoms with E-state index in [4.69, 9.17) is 9.47 Å². The summed E-state index contributed by atoms with van der Waals surface area (Å²) in [6.45, 7) is 0. The number of esters is 1. The third-order valence-electron chi connectivity index (χ3n) is 3.31. The van der Waals surface area contributed by atoms with Crippen LogP contribution in [0.15, 0.2) is 41.3 Å². The summed E-state index contributed by atoms with van der Waals surface area (Å²) in [6, 6.07) is 6.29. The number of nitrogens with zero attached hydrogens (tertiary/aromatic N) is 1. The molecule has 0 aliphatic carbocycles. The van der Waals surface area contributed by atoms with E-state index in [-0.39, 0.29) is 5.75 Å². The number of nitro benzene ring substituents is 1. The number of ether oxygens (including phenoxy) is 2. The van der Waals surface area contributed by atoms with E-state index in [1.54, 1.807) is 6.26 Å². The summed E-state index contributed by atoms with van der Waals surface area (Å²) in [5.41, 5.74) is -2.26. The maximum atomic E-state index is 13.0. The number of halogens is 3. The normalized spacial score (nSPS) is 11.1. The van der Waals surface area contributed by atoms with Crippen molar-refractivity contribution in [2.75, 3.05) is 13.4 Å². The molecule has 10 heteroatoms. The Morgan fingerprint density at radius 2 is 1.85 bits per heavy atom. The number of thioether (sulfide) groups is 1. The van der Waals surface area contributed by atoms with Crippen LogP contribution in [-0.2, 0) is 6.18 Å². The van der Waals surface area contributed by atoms with Gasteiger partial charge in [0.05, 0.1) is 28.6 Å². The molecule has 0 unspecified atom stereocenters. The molecule has 26 heavy (non-hydrogen) atoms. The number of para-hydroxylation sites is 1. The van der Waals surface area contributed by atoms with Crippen LogP contribution >= 0.6 is 11.8 Å². The Balaban J connectivity index is 2.50. The smallest absolute Gasteiger partial charge is 0.419 e. The third-order valence-corrected chi connectivity index (χ3v) is 4.07. The first-order valence-electron chi connectivity index (χ1n) is 6.97. The highest BCUT2D eigenvalue weighted by Crippen LogP contribution is 2.38. The van der Waals surface area contributed by atoms with E-state index in [9.17, 15) is 28.1 Å². The van der Waals surface area contributed by atoms with Gasteiger partial charge in [0.2, 0.25) is 0 Å². The van der Waals surface area contributed by atoms with Crippen molar-refractivity contribution in [3.8, 4) is 11.5 Å². The van der Waals surface area contributed by atoms with Crippen molar-refractivity contribution in [2.24, 2.45) is 0 Å². The molecule has 0 aliphatic heterocycles. The molecule has 2 aromatic rings. The molecule has 2 rings (SSSR count). The van der Waals surface area contributed by atoms with E-state index in [2.05, 4.69) is 0 Å². The molecule has 0 heterocycles. The lowest BCUT2D eigenvalue weighted by Crippen LogP contribution is -2.15. The Kier molecular flexibility index (Phi) is 5.76. The van der Waals surface area contributed by atoms with Gasteiger partial charge in [-0.1, -0.05) is 12.1 Å². The fraction of sp³-hybridized carbons (Fsp3) is 0.188. The van der Waals surface area contributed by atoms with E-state index in [1.807, 2.05) is 0 Å². The zero-order valence-corrected chi connectivity index (χ0v) is 14.3. The first-order chi connectivity index (χ1) is 12.2. The number of hydrogen-bond donors (Lipinski definition) is 0. The highest BCUT2D eigenvalue weighted by atomic mass is 32.2. The number of benzene rings is 2. The summed E-state index contributed by atoms with van der Waals surface area (Å²) in [5.74, 6) is -1.84. The first-order valence-corrected chi connectivity index (χ1v) is 8.20. The summed E-state index contributed by atoms with van der Waals surface area (Å²) in [4.78, 5) is 23.1. The van der Waals surface area contributed by atoms with Gasteiger partial charge >= 0.3 is 12.1 Å². The zero-order chi connectivity index (χ0) is 19.5. The lowest BCUT2D eigenvalue weighted by Gasteiger charge is -2.13. The zero-order valence-electron chi connectivity index (χ0n) is 13.5. The van der Waals surface area contributed by atoms with Crippen LogP contribution in [0.2, 0.25) is 0 Å². The van der Waals surface area contributed by atoms with Crippen LogP contribution in [0.25, 0.3) is 0 Å². The van der Waals surface area contributed by atoms with Crippen molar-refractivity contribution in [1.82, 2.24) is 0 Å². The van der Waals surface area contributed by atoms with Crippen molar-refractivity contribution in [2.45, 2.75) is 11.1 Å². The molecule has 138 valence electrons. The maximum absolute atomic E-state index is 13.0. The van der Waals surface area contributed by atoms with Crippen LogP contribution in [0.3, 0.4) is 0 Å². The van der Waals surface area contributed by atoms with Crippen molar-refractivity contribution >= 4 is 23.4 Å². The van der Waals surface area contributed by atoms with E-state index >= 15 is 0 Å². The molecule has 2 aromatic carbocycles. The second kappa shape index (κ2) is 7.65. The molecule has 0 spiro atoms. The number of carbonyl (C=O) groups excluding carboxylic acids is 1. The van der Waals surface area contributed by atoms with Crippen LogP contribution in [-0.4, -0.2) is 24.3 Å². The van der Waals surface area contributed by atoms with Crippen molar-refractivity contribution < 1.29 is 32.4 Å². The maximum Gasteiger partial charge on any atom is 0.419 e. The van der Waals surface area contributed by atoms with Gasteiger partial charge in [0.25, 0.3) is 5.69 Å². The molecule has 0 saturated carbocycles. The fourth-order valence-electron chi connectivity index (χ4n) is 2.13. The Morgan fingerprint density at radius 3 is 2.38 bits per heavy atom. The molecule has 0 radical (unpaired) electrons. The Bertz CT molecular complexity index is 854. The summed E-state index contributed by atoms with van der Waals surface area (Å²) in [7, 11) is 1.30. The van der Waals surface area contributed by atoms with E-state index in [1.165, 1.54) is 13.2 Å². The minimum atomic E-state index is -4.74. The molecule has 0 amide bonds. The molecule has 0 N–H and O–H groups in total. The SMILES string of the molecule is COc1cc([N+](=O)[O-])c(C(=O)Oc2ccccc2C(F)(F)F)cc1SC. The summed E-state index contributed by atoms with van der Waals surface area (Å²) < 4.78 is 48.8. The number of methoxy groups -OCH3 is 1. The Hall–Kier alpha value is -2.75. The molecule has 0 aliphatic rings. The van der Waals surface area contributed by atoms with Gasteiger partial charge in [-0.2, -0.15) is 13.2 Å². The first kappa shape index (κ1) is 19.6. The van der Waals surface area contributed by atoms with Crippen LogP contribution in [0.5, 0.6) is 11.5 Å². The van der Waals surface area contributed by atoms with Gasteiger partial charge in [-0.15, -0.1) is 11.8 Å². The second-order valence-electron chi connectivity index (χ2n) is 4.86. The predicted molar refractivity (Wildman–Crippen MR) is 87.8 cm³/mol. The van der Waals surface area contributed by atoms with Crippen LogP contribution in [0, 0.1) is 10.1 Å². The molecule has 6 nitrogen and oxygen atoms in total. The summed E-state index contributed by atoms with van der Waals surface area (Å²) in [5, 5.41) is 11.2. The number of rotatable bonds is 5. The number of nitro groups is 1. The second-order valence-corrected chi connectivity index (χ2v) is 5.71. The van der Waals surface area contributed by atoms with Crippen molar-refractivity contribution in [3.05, 3.63) is 57.6 Å². The Labute approximate surface area is 150 Å². The largest absolute Gasteiger partial charge is 0.495 e. The molecular formula is C16H12F3NO5S. The van der Waals surface area contributed by atoms with E-state index in [0.29, 0.717) is 4.90 Å². The number of hydrogen-bond acceptors (Lipinski definition) is 6. The van der Waals surface area contributed by atoms with Crippen molar-refractivity contribution in [1.29, 1.82) is 0 Å². The minimum Gasteiger partial charge on any atom is -0.495 e. The molecule has 0 aromatic heterocycles. The third kappa shape index (κ3) is 4.07. The fourth-order valence-corrected chi connectivity index (χ4v) is 2.71. The topological polar surface area (TPSA) is 78.7 Å². The van der Waals surface area contributed by atoms with Crippen LogP contribution in [0.4, 0.5) is 18.9 Å². The lowest BCUT2D eigenvalue weighted by atomic mass is 10.1. The van der Waals surface area contributed by atoms with Crippen molar-refractivity contribution in [3.63, 3.8) is 0 Å². The molecule has 0 fully saturated rings. The van der Waals surface area contributed by atoms with E-state index < -0.39 is 39.6 Å². The Morgan fingerprint density at radius 1 is 1.19 bits per heavy atom. The monoisotopic (exact) mass is 387 g/mol. The van der Waals surface area contributed by atoms with Gasteiger partial charge in [-0.05, 0) is 24.5 Å². The van der Waals surface area contributed by atoms with Gasteiger partial charge in [-0.3, -0.25) is 10.1 Å². The average molecular weight is 387 g/mol. The van der Waals surface area contributed by atoms with E-state index in [0.717, 1.165) is 42.1 Å². The standard InChI is InChI=1S/C16H12F3NO5S/c1-24-13-8-11(20(22)23)9(7-14(13)26-2)15(21)25-12-6-4-3-5-10(12)16(17,18)19/h3-8H,1-2H3. The molecule has 0 atom stereocenters. The minimum absolute atomic E-state index is 0.163. The van der Waals surface area contributed by atoms with Gasteiger partial charge < -0.3 is 9.47 Å². The molecule has 0 saturated heterocycles. The average Bonchev–Trinajstić information content (AvgIpc) is 2.59. The van der Waals surface area contributed by atoms with Gasteiger partial charge in [0, 0.05) is 0 Å². The molecule has 0 bridgehead atoms. The highest BCUT2D eigenvalue weighted by Gasteiger charge is 2.35. The lowest BCUT2D eigenvalue weighted by molar-refractivity contribution is -0.385. The van der Waals surface area contributed by atoms with Gasteiger partial charge in [-0.25, -0.2) is 4.79 Å². The quantitative estimate of drug-likeness (QED) is 0.246. The number of alkyl halides is 3. The van der Waals surface area contributed by atoms with Crippen LogP contribution in [0.1, 0.15) is 15.9 Å². The molecular weight excluding hydrogens is 375 g/mol. The predicted octanol–water partition coefficient (Wildman–Crippen LogP) is 4.56. The summed E-state index contributed by atoms with van der Waals surface area (Å²) in [6.07, 6.45) is -3.09. The van der Waals surface area contributed by atoms with Gasteiger partial charge in [0.1, 0.15) is 17.1 Å². The number of carbonyl (C=O) groups is 1. The van der Waals surface area contributed by atoms with Crippen LogP contribution < -0.4 is 9.47 Å².